The third-order valence-corrected chi connectivity index (χ3v) is 10.5. The van der Waals surface area contributed by atoms with Crippen molar-refractivity contribution in [3.63, 3.8) is 0 Å². The van der Waals surface area contributed by atoms with E-state index in [0.717, 1.165) is 22.3 Å². The second-order valence-electron chi connectivity index (χ2n) is 13.2. The smallest absolute Gasteiger partial charge is 0.310 e. The van der Waals surface area contributed by atoms with Gasteiger partial charge in [0.1, 0.15) is 46.8 Å². The fourth-order valence-corrected chi connectivity index (χ4v) is 7.87. The van der Waals surface area contributed by atoms with E-state index in [9.17, 15) is 14.9 Å². The number of hydrogen-bond donors (Lipinski definition) is 1. The lowest BCUT2D eigenvalue weighted by Gasteiger charge is -2.39. The third kappa shape index (κ3) is 8.38. The molecule has 4 aromatic rings. The summed E-state index contributed by atoms with van der Waals surface area (Å²) >= 11 is 12.8. The van der Waals surface area contributed by atoms with E-state index in [1.165, 1.54) is 6.20 Å². The van der Waals surface area contributed by atoms with Crippen molar-refractivity contribution < 1.29 is 33.4 Å². The maximum absolute atomic E-state index is 13.9. The number of rotatable bonds is 13. The molecule has 1 amide bonds. The Morgan fingerprint density at radius 3 is 2.22 bits per heavy atom. The van der Waals surface area contributed by atoms with Crippen LogP contribution in [0.15, 0.2) is 60.8 Å². The first-order chi connectivity index (χ1) is 26.0. The minimum Gasteiger partial charge on any atom is -0.497 e. The van der Waals surface area contributed by atoms with Crippen molar-refractivity contribution in [1.29, 1.82) is 0 Å². The van der Waals surface area contributed by atoms with Crippen LogP contribution in [0.25, 0.3) is 0 Å². The fourth-order valence-electron chi connectivity index (χ4n) is 7.17. The molecule has 3 aromatic carbocycles. The number of anilines is 2. The molecule has 3 heterocycles. The Labute approximate surface area is 324 Å². The second-order valence-corrected chi connectivity index (χ2v) is 14.0. The zero-order valence-corrected chi connectivity index (χ0v) is 32.3. The van der Waals surface area contributed by atoms with Crippen LogP contribution in [-0.2, 0) is 29.0 Å². The highest BCUT2D eigenvalue weighted by atomic mass is 35.5. The number of nitrogens with one attached hydrogen (secondary N) is 1. The molecule has 2 aliphatic rings. The monoisotopic (exact) mass is 779 g/mol. The highest BCUT2D eigenvalue weighted by Gasteiger charge is 2.37. The maximum Gasteiger partial charge on any atom is 0.310 e. The fraction of sp³-hybridized carbons (Fsp3) is 0.385. The molecule has 0 bridgehead atoms. The number of aromatic nitrogens is 1. The first kappa shape index (κ1) is 38.7. The number of pyridine rings is 1. The molecule has 1 N–H and O–H groups in total. The molecule has 1 aromatic heterocycles. The second kappa shape index (κ2) is 17.0. The number of carbonyl (C=O) groups is 1. The van der Waals surface area contributed by atoms with Crippen LogP contribution in [0.5, 0.6) is 23.0 Å². The van der Waals surface area contributed by atoms with Gasteiger partial charge in [-0.25, -0.2) is 4.98 Å². The lowest BCUT2D eigenvalue weighted by atomic mass is 9.92. The van der Waals surface area contributed by atoms with Crippen LogP contribution in [0.3, 0.4) is 0 Å². The summed E-state index contributed by atoms with van der Waals surface area (Å²) in [5, 5.41) is 16.8. The molecule has 13 nitrogen and oxygen atoms in total. The van der Waals surface area contributed by atoms with Crippen LogP contribution in [0.1, 0.15) is 48.1 Å². The summed E-state index contributed by atoms with van der Waals surface area (Å²) in [6.45, 7) is 3.40. The standard InChI is InChI=1S/C39H43Cl2N5O8/c1-23-38-24(14-27(40)15-31(38)41)10-12-45(23)39(47)36-16-28(11-13-54-36)43-32-19-37(42-20-33(32)46(48)49)44(21-25-6-8-29(50-2)17-34(25)52-4)22-26-7-9-30(51-3)18-35(26)53-5/h6-9,14-15,17-20,23,28,36H,10-13,16,21-22H2,1-5H3,(H,42,43)/t23-,28+,36+/m0/s1. The Morgan fingerprint density at radius 2 is 1.63 bits per heavy atom. The lowest BCUT2D eigenvalue weighted by molar-refractivity contribution is -0.384. The highest BCUT2D eigenvalue weighted by molar-refractivity contribution is 6.35. The Bertz CT molecular complexity index is 1960. The van der Waals surface area contributed by atoms with Gasteiger partial charge >= 0.3 is 5.69 Å². The van der Waals surface area contributed by atoms with Crippen LogP contribution < -0.4 is 29.2 Å². The van der Waals surface area contributed by atoms with E-state index < -0.39 is 11.0 Å². The van der Waals surface area contributed by atoms with Gasteiger partial charge in [0.25, 0.3) is 5.91 Å². The molecule has 0 radical (unpaired) electrons. The van der Waals surface area contributed by atoms with Crippen molar-refractivity contribution in [2.24, 2.45) is 0 Å². The molecule has 0 aliphatic carbocycles. The predicted molar refractivity (Wildman–Crippen MR) is 207 cm³/mol. The van der Waals surface area contributed by atoms with Crippen LogP contribution in [0.2, 0.25) is 10.0 Å². The summed E-state index contributed by atoms with van der Waals surface area (Å²) in [7, 11) is 6.34. The van der Waals surface area contributed by atoms with Crippen molar-refractivity contribution in [3.05, 3.63) is 103 Å². The number of ether oxygens (including phenoxy) is 5. The molecule has 6 rings (SSSR count). The van der Waals surface area contributed by atoms with E-state index in [2.05, 4.69) is 10.3 Å². The van der Waals surface area contributed by atoms with E-state index >= 15 is 0 Å². The summed E-state index contributed by atoms with van der Waals surface area (Å²) in [5.41, 5.74) is 3.68. The maximum atomic E-state index is 13.9. The van der Waals surface area contributed by atoms with Gasteiger partial charge in [0, 0.05) is 78.1 Å². The van der Waals surface area contributed by atoms with Crippen LogP contribution in [0, 0.1) is 10.1 Å². The summed E-state index contributed by atoms with van der Waals surface area (Å²) < 4.78 is 28.2. The quantitative estimate of drug-likeness (QED) is 0.106. The molecule has 3 atom stereocenters. The van der Waals surface area contributed by atoms with E-state index in [0.29, 0.717) is 84.4 Å². The summed E-state index contributed by atoms with van der Waals surface area (Å²) in [4.78, 5) is 34.2. The topological polar surface area (TPSA) is 138 Å². The molecular weight excluding hydrogens is 737 g/mol. The largest absolute Gasteiger partial charge is 0.497 e. The number of halogens is 2. The summed E-state index contributed by atoms with van der Waals surface area (Å²) in [6.07, 6.45) is 1.98. The molecule has 286 valence electrons. The predicted octanol–water partition coefficient (Wildman–Crippen LogP) is 7.64. The highest BCUT2D eigenvalue weighted by Crippen LogP contribution is 2.39. The minimum absolute atomic E-state index is 0.149. The molecule has 1 fully saturated rings. The summed E-state index contributed by atoms with van der Waals surface area (Å²) in [5.74, 6) is 2.81. The Kier molecular flexibility index (Phi) is 12.2. The zero-order valence-electron chi connectivity index (χ0n) is 30.8. The molecule has 15 heteroatoms. The van der Waals surface area contributed by atoms with Gasteiger partial charge in [-0.2, -0.15) is 0 Å². The van der Waals surface area contributed by atoms with Gasteiger partial charge in [-0.05, 0) is 67.3 Å². The molecule has 1 saturated heterocycles. The van der Waals surface area contributed by atoms with Gasteiger partial charge in [0.05, 0.1) is 39.4 Å². The number of nitro groups is 1. The Hall–Kier alpha value is -4.98. The van der Waals surface area contributed by atoms with Gasteiger partial charge in [-0.1, -0.05) is 23.2 Å². The normalized spacial score (nSPS) is 18.0. The van der Waals surface area contributed by atoms with Crippen LogP contribution >= 0.6 is 23.2 Å². The number of amides is 1. The van der Waals surface area contributed by atoms with Crippen molar-refractivity contribution in [1.82, 2.24) is 9.88 Å². The van der Waals surface area contributed by atoms with E-state index in [4.69, 9.17) is 46.9 Å². The number of carbonyl (C=O) groups excluding carboxylic acids is 1. The Morgan fingerprint density at radius 1 is 0.981 bits per heavy atom. The molecule has 54 heavy (non-hydrogen) atoms. The molecule has 2 aliphatic heterocycles. The first-order valence-corrected chi connectivity index (χ1v) is 18.3. The van der Waals surface area contributed by atoms with Crippen LogP contribution in [0.4, 0.5) is 17.2 Å². The number of methoxy groups -OCH3 is 4. The van der Waals surface area contributed by atoms with Gasteiger partial charge in [-0.3, -0.25) is 14.9 Å². The van der Waals surface area contributed by atoms with E-state index in [1.807, 2.05) is 42.2 Å². The molecule has 0 spiro atoms. The number of fused-ring (bicyclic) bond motifs is 1. The average Bonchev–Trinajstić information content (AvgIpc) is 3.17. The molecular formula is C39H43Cl2N5O8. The third-order valence-electron chi connectivity index (χ3n) is 9.99. The summed E-state index contributed by atoms with van der Waals surface area (Å²) in [6, 6.07) is 15.8. The van der Waals surface area contributed by atoms with E-state index in [1.54, 1.807) is 57.6 Å². The van der Waals surface area contributed by atoms with E-state index in [-0.39, 0.29) is 29.4 Å². The van der Waals surface area contributed by atoms with Crippen LogP contribution in [-0.4, -0.2) is 74.5 Å². The number of nitrogens with zero attached hydrogens (tertiary/aromatic N) is 4. The van der Waals surface area contributed by atoms with Gasteiger partial charge in [-0.15, -0.1) is 0 Å². The van der Waals surface area contributed by atoms with Crippen molar-refractivity contribution in [3.8, 4) is 23.0 Å². The van der Waals surface area contributed by atoms with Crippen molar-refractivity contribution >= 4 is 46.3 Å². The van der Waals surface area contributed by atoms with Crippen molar-refractivity contribution in [2.75, 3.05) is 51.8 Å². The SMILES string of the molecule is COc1ccc(CN(Cc2ccc(OC)cc2OC)c2cc(N[C@@H]3CCO[C@@H](C(=O)N4CCc5cc(Cl)cc(Cl)c5[C@@H]4C)C3)c([N+](=O)[O-])cn2)c(OC)c1. The van der Waals surface area contributed by atoms with Gasteiger partial charge < -0.3 is 38.8 Å². The Balaban J connectivity index is 1.28. The number of hydrogen-bond acceptors (Lipinski definition) is 11. The zero-order chi connectivity index (χ0) is 38.5. The van der Waals surface area contributed by atoms with Gasteiger partial charge in [0.2, 0.25) is 0 Å². The lowest BCUT2D eigenvalue weighted by Crippen LogP contribution is -2.48. The number of benzene rings is 3. The minimum atomic E-state index is -0.742. The molecule has 0 unspecified atom stereocenters. The molecule has 0 saturated carbocycles. The average molecular weight is 781 g/mol. The van der Waals surface area contributed by atoms with Gasteiger partial charge in [0.15, 0.2) is 0 Å². The van der Waals surface area contributed by atoms with Crippen molar-refractivity contribution in [2.45, 2.75) is 57.5 Å². The first-order valence-electron chi connectivity index (χ1n) is 17.5.